The zero-order chi connectivity index (χ0) is 23.1. The number of nitrogens with zero attached hydrogens (tertiary/aromatic N) is 4. The predicted molar refractivity (Wildman–Crippen MR) is 127 cm³/mol. The second kappa shape index (κ2) is 8.12. The Morgan fingerprint density at radius 3 is 2.79 bits per heavy atom. The Balaban J connectivity index is 1.76. The standard InChI is InChI=1S/C25H23FN6O/c1-4-19(31-24-22-23(28-12-27-22)29-13-30-24)21-10-16-8-9-17(26)11-18(16)25(33)32(21)20-7-5-6-14(2)15(20)3/h5-13,19H,4H2,1-3H3,(H2,27,28,29,30,31)/t19-/m1/s1. The number of halogens is 1. The second-order valence-electron chi connectivity index (χ2n) is 8.09. The van der Waals surface area contributed by atoms with E-state index >= 15 is 0 Å². The molecule has 2 N–H and O–H groups in total. The maximum absolute atomic E-state index is 14.0. The summed E-state index contributed by atoms with van der Waals surface area (Å²) < 4.78 is 15.7. The van der Waals surface area contributed by atoms with Gasteiger partial charge in [-0.15, -0.1) is 0 Å². The van der Waals surface area contributed by atoms with E-state index in [-0.39, 0.29) is 11.6 Å². The lowest BCUT2D eigenvalue weighted by molar-refractivity contribution is 0.629. The first kappa shape index (κ1) is 20.8. The monoisotopic (exact) mass is 442 g/mol. The number of aromatic amines is 1. The molecular weight excluding hydrogens is 419 g/mol. The lowest BCUT2D eigenvalue weighted by Gasteiger charge is -2.24. The molecule has 1 atom stereocenters. The van der Waals surface area contributed by atoms with Gasteiger partial charge in [-0.1, -0.05) is 25.1 Å². The molecule has 0 aliphatic carbocycles. The quantitative estimate of drug-likeness (QED) is 0.401. The smallest absolute Gasteiger partial charge is 0.263 e. The van der Waals surface area contributed by atoms with Crippen molar-refractivity contribution in [3.8, 4) is 5.69 Å². The molecule has 0 aliphatic heterocycles. The number of hydrogen-bond acceptors (Lipinski definition) is 5. The zero-order valence-corrected chi connectivity index (χ0v) is 18.6. The van der Waals surface area contributed by atoms with Gasteiger partial charge in [-0.2, -0.15) is 0 Å². The fourth-order valence-corrected chi connectivity index (χ4v) is 4.21. The topological polar surface area (TPSA) is 88.5 Å². The van der Waals surface area contributed by atoms with Crippen molar-refractivity contribution in [1.82, 2.24) is 24.5 Å². The van der Waals surface area contributed by atoms with Crippen molar-refractivity contribution < 1.29 is 4.39 Å². The van der Waals surface area contributed by atoms with Gasteiger partial charge in [0.05, 0.1) is 23.4 Å². The van der Waals surface area contributed by atoms with Crippen molar-refractivity contribution >= 4 is 27.8 Å². The molecule has 0 amide bonds. The molecule has 5 rings (SSSR count). The normalized spacial score (nSPS) is 12.4. The first-order valence-corrected chi connectivity index (χ1v) is 10.8. The van der Waals surface area contributed by atoms with E-state index in [1.165, 1.54) is 18.5 Å². The third kappa shape index (κ3) is 3.53. The van der Waals surface area contributed by atoms with Crippen molar-refractivity contribution in [2.45, 2.75) is 33.2 Å². The molecule has 3 aromatic heterocycles. The number of anilines is 1. The van der Waals surface area contributed by atoms with Gasteiger partial charge in [0, 0.05) is 5.69 Å². The minimum absolute atomic E-state index is 0.256. The van der Waals surface area contributed by atoms with Crippen molar-refractivity contribution in [1.29, 1.82) is 0 Å². The van der Waals surface area contributed by atoms with Crippen molar-refractivity contribution in [3.05, 3.63) is 88.1 Å². The molecule has 8 heteroatoms. The Bertz CT molecular complexity index is 1550. The van der Waals surface area contributed by atoms with E-state index in [0.717, 1.165) is 22.5 Å². The molecule has 7 nitrogen and oxygen atoms in total. The van der Waals surface area contributed by atoms with Crippen LogP contribution in [0.1, 0.15) is 36.2 Å². The van der Waals surface area contributed by atoms with Gasteiger partial charge in [-0.3, -0.25) is 9.36 Å². The summed E-state index contributed by atoms with van der Waals surface area (Å²) in [4.78, 5) is 29.6. The van der Waals surface area contributed by atoms with Crippen LogP contribution in [-0.2, 0) is 0 Å². The first-order valence-electron chi connectivity index (χ1n) is 10.8. The highest BCUT2D eigenvalue weighted by atomic mass is 19.1. The van der Waals surface area contributed by atoms with Gasteiger partial charge in [-0.05, 0) is 61.0 Å². The number of rotatable bonds is 5. The first-order chi connectivity index (χ1) is 16.0. The van der Waals surface area contributed by atoms with Crippen LogP contribution in [-0.4, -0.2) is 24.5 Å². The second-order valence-corrected chi connectivity index (χ2v) is 8.09. The summed E-state index contributed by atoms with van der Waals surface area (Å²) in [5, 5.41) is 4.49. The molecule has 0 spiro atoms. The summed E-state index contributed by atoms with van der Waals surface area (Å²) in [6.07, 6.45) is 3.71. The molecule has 33 heavy (non-hydrogen) atoms. The molecule has 0 saturated carbocycles. The van der Waals surface area contributed by atoms with Crippen molar-refractivity contribution in [2.24, 2.45) is 0 Å². The molecule has 0 saturated heterocycles. The molecular formula is C25H23FN6O. The number of nitrogens with one attached hydrogen (secondary N) is 2. The molecule has 0 fully saturated rings. The molecule has 0 radical (unpaired) electrons. The highest BCUT2D eigenvalue weighted by Gasteiger charge is 2.21. The zero-order valence-electron chi connectivity index (χ0n) is 18.6. The minimum atomic E-state index is -0.437. The van der Waals surface area contributed by atoms with Gasteiger partial charge < -0.3 is 10.3 Å². The van der Waals surface area contributed by atoms with Crippen LogP contribution in [0.25, 0.3) is 27.6 Å². The van der Waals surface area contributed by atoms with Crippen LogP contribution in [0.15, 0.2) is 59.9 Å². The van der Waals surface area contributed by atoms with Crippen LogP contribution in [0.3, 0.4) is 0 Å². The average molecular weight is 442 g/mol. The number of imidazole rings is 1. The largest absolute Gasteiger partial charge is 0.360 e. The van der Waals surface area contributed by atoms with Gasteiger partial charge in [0.15, 0.2) is 11.5 Å². The van der Waals surface area contributed by atoms with Gasteiger partial charge in [-0.25, -0.2) is 19.3 Å². The van der Waals surface area contributed by atoms with Gasteiger partial charge in [0.1, 0.15) is 17.7 Å². The van der Waals surface area contributed by atoms with Crippen LogP contribution in [0.4, 0.5) is 10.2 Å². The highest BCUT2D eigenvalue weighted by Crippen LogP contribution is 2.29. The van der Waals surface area contributed by atoms with Crippen molar-refractivity contribution in [2.75, 3.05) is 5.32 Å². The summed E-state index contributed by atoms with van der Waals surface area (Å²) in [6.45, 7) is 6.04. The maximum atomic E-state index is 14.0. The Kier molecular flexibility index (Phi) is 5.12. The predicted octanol–water partition coefficient (Wildman–Crippen LogP) is 4.98. The summed E-state index contributed by atoms with van der Waals surface area (Å²) in [6, 6.07) is 11.9. The number of aromatic nitrogens is 5. The number of benzene rings is 2. The Morgan fingerprint density at radius 1 is 1.12 bits per heavy atom. The summed E-state index contributed by atoms with van der Waals surface area (Å²) in [7, 11) is 0. The number of aryl methyl sites for hydroxylation is 1. The Hall–Kier alpha value is -4.07. The van der Waals surface area contributed by atoms with E-state index in [2.05, 4.69) is 25.3 Å². The van der Waals surface area contributed by atoms with Crippen molar-refractivity contribution in [3.63, 3.8) is 0 Å². The molecule has 2 aromatic carbocycles. The van der Waals surface area contributed by atoms with E-state index in [4.69, 9.17) is 0 Å². The number of hydrogen-bond donors (Lipinski definition) is 2. The summed E-state index contributed by atoms with van der Waals surface area (Å²) in [5.74, 6) is 0.163. The molecule has 3 heterocycles. The maximum Gasteiger partial charge on any atom is 0.263 e. The molecule has 0 aliphatic rings. The summed E-state index contributed by atoms with van der Waals surface area (Å²) in [5.41, 5.74) is 4.59. The third-order valence-corrected chi connectivity index (χ3v) is 6.13. The summed E-state index contributed by atoms with van der Waals surface area (Å²) >= 11 is 0. The Morgan fingerprint density at radius 2 is 1.97 bits per heavy atom. The van der Waals surface area contributed by atoms with E-state index in [1.807, 2.05) is 45.0 Å². The molecule has 0 unspecified atom stereocenters. The van der Waals surface area contributed by atoms with E-state index < -0.39 is 5.82 Å². The number of H-pyrrole nitrogens is 1. The van der Waals surface area contributed by atoms with E-state index in [1.54, 1.807) is 17.0 Å². The fraction of sp³-hybridized carbons (Fsp3) is 0.200. The van der Waals surface area contributed by atoms with Crippen LogP contribution >= 0.6 is 0 Å². The van der Waals surface area contributed by atoms with Crippen LogP contribution < -0.4 is 10.9 Å². The van der Waals surface area contributed by atoms with Gasteiger partial charge in [0.2, 0.25) is 0 Å². The average Bonchev–Trinajstić information content (AvgIpc) is 3.30. The van der Waals surface area contributed by atoms with Crippen LogP contribution in [0.2, 0.25) is 0 Å². The number of fused-ring (bicyclic) bond motifs is 2. The lowest BCUT2D eigenvalue weighted by atomic mass is 10.0. The number of pyridine rings is 1. The van der Waals surface area contributed by atoms with Gasteiger partial charge in [0.25, 0.3) is 5.56 Å². The lowest BCUT2D eigenvalue weighted by Crippen LogP contribution is -2.27. The van der Waals surface area contributed by atoms with Gasteiger partial charge >= 0.3 is 0 Å². The SMILES string of the molecule is CC[C@@H](Nc1ncnc2nc[nH]c12)c1cc2ccc(F)cc2c(=O)n1-c1cccc(C)c1C. The fourth-order valence-electron chi connectivity index (χ4n) is 4.21. The minimum Gasteiger partial charge on any atom is -0.360 e. The molecule has 166 valence electrons. The highest BCUT2D eigenvalue weighted by molar-refractivity contribution is 5.84. The van der Waals surface area contributed by atoms with E-state index in [0.29, 0.717) is 34.2 Å². The van der Waals surface area contributed by atoms with E-state index in [9.17, 15) is 9.18 Å². The Labute approximate surface area is 189 Å². The van der Waals surface area contributed by atoms with Crippen LogP contribution in [0, 0.1) is 19.7 Å². The third-order valence-electron chi connectivity index (χ3n) is 6.13. The molecule has 5 aromatic rings. The molecule has 0 bridgehead atoms. The van der Waals surface area contributed by atoms with Crippen LogP contribution in [0.5, 0.6) is 0 Å².